The second-order valence-electron chi connectivity index (χ2n) is 9.58. The van der Waals surface area contributed by atoms with E-state index >= 15 is 0 Å². The number of carbonyl (C=O) groups is 1. The van der Waals surface area contributed by atoms with Gasteiger partial charge in [0, 0.05) is 18.2 Å². The standard InChI is InChI=1S/C28H33N3O4/c1-19(2)20-6-8-21(9-7-20)24(31-12-4-3-5-13-31)18-29-28(32)23-17-26(35-30-23)22-10-11-25-27(16-22)34-15-14-33-25/h6-11,16-17,19,24H,3-5,12-15,18H2,1-2H3,(H,29,32)/t24-/m0/s1. The summed E-state index contributed by atoms with van der Waals surface area (Å²) in [6.07, 6.45) is 3.65. The van der Waals surface area contributed by atoms with E-state index in [1.54, 1.807) is 6.07 Å². The van der Waals surface area contributed by atoms with Gasteiger partial charge in [-0.15, -0.1) is 0 Å². The van der Waals surface area contributed by atoms with Gasteiger partial charge in [0.1, 0.15) is 13.2 Å². The summed E-state index contributed by atoms with van der Waals surface area (Å²) in [5.41, 5.74) is 3.61. The number of amides is 1. The van der Waals surface area contributed by atoms with Crippen LogP contribution in [-0.4, -0.2) is 48.8 Å². The molecule has 1 N–H and O–H groups in total. The smallest absolute Gasteiger partial charge is 0.273 e. The Morgan fingerprint density at radius 3 is 2.40 bits per heavy atom. The molecule has 0 bridgehead atoms. The van der Waals surface area contributed by atoms with Crippen LogP contribution in [0.25, 0.3) is 11.3 Å². The van der Waals surface area contributed by atoms with Gasteiger partial charge in [-0.3, -0.25) is 9.69 Å². The summed E-state index contributed by atoms with van der Waals surface area (Å²) in [5.74, 6) is 2.15. The molecule has 5 rings (SSSR count). The zero-order chi connectivity index (χ0) is 24.2. The number of hydrogen-bond acceptors (Lipinski definition) is 6. The monoisotopic (exact) mass is 475 g/mol. The van der Waals surface area contributed by atoms with Gasteiger partial charge >= 0.3 is 0 Å². The van der Waals surface area contributed by atoms with Crippen molar-refractivity contribution in [1.29, 1.82) is 0 Å². The summed E-state index contributed by atoms with van der Waals surface area (Å²) in [5, 5.41) is 7.13. The summed E-state index contributed by atoms with van der Waals surface area (Å²) >= 11 is 0. The van der Waals surface area contributed by atoms with Crippen LogP contribution < -0.4 is 14.8 Å². The summed E-state index contributed by atoms with van der Waals surface area (Å²) < 4.78 is 16.7. The third-order valence-electron chi connectivity index (χ3n) is 6.84. The zero-order valence-electron chi connectivity index (χ0n) is 20.5. The number of fused-ring (bicyclic) bond motifs is 1. The Morgan fingerprint density at radius 1 is 0.943 bits per heavy atom. The minimum Gasteiger partial charge on any atom is -0.486 e. The minimum absolute atomic E-state index is 0.129. The molecule has 0 aliphatic carbocycles. The first-order valence-electron chi connectivity index (χ1n) is 12.6. The van der Waals surface area contributed by atoms with Crippen molar-refractivity contribution in [3.8, 4) is 22.8 Å². The van der Waals surface area contributed by atoms with Crippen LogP contribution in [0.1, 0.15) is 66.7 Å². The SMILES string of the molecule is CC(C)c1ccc([C@H](CNC(=O)c2cc(-c3ccc4c(c3)OCCO4)on2)N2CCCCC2)cc1. The van der Waals surface area contributed by atoms with E-state index in [4.69, 9.17) is 14.0 Å². The Bertz CT molecular complexity index is 1150. The predicted molar refractivity (Wildman–Crippen MR) is 134 cm³/mol. The van der Waals surface area contributed by atoms with Gasteiger partial charge in [0.05, 0.1) is 6.04 Å². The lowest BCUT2D eigenvalue weighted by Crippen LogP contribution is -2.40. The third kappa shape index (κ3) is 5.35. The number of rotatable bonds is 7. The molecule has 1 saturated heterocycles. The number of likely N-dealkylation sites (tertiary alicyclic amines) is 1. The molecule has 0 spiro atoms. The fourth-order valence-corrected chi connectivity index (χ4v) is 4.79. The Kier molecular flexibility index (Phi) is 7.04. The van der Waals surface area contributed by atoms with Gasteiger partial charge < -0.3 is 19.3 Å². The van der Waals surface area contributed by atoms with Gasteiger partial charge in [-0.25, -0.2) is 0 Å². The van der Waals surface area contributed by atoms with Crippen LogP contribution in [-0.2, 0) is 0 Å². The Labute approximate surface area is 206 Å². The molecule has 0 saturated carbocycles. The third-order valence-corrected chi connectivity index (χ3v) is 6.84. The maximum absolute atomic E-state index is 13.0. The molecule has 7 heteroatoms. The highest BCUT2D eigenvalue weighted by atomic mass is 16.6. The number of aromatic nitrogens is 1. The van der Waals surface area contributed by atoms with Gasteiger partial charge in [0.25, 0.3) is 5.91 Å². The van der Waals surface area contributed by atoms with E-state index < -0.39 is 0 Å². The molecular formula is C28H33N3O4. The number of ether oxygens (including phenoxy) is 2. The Balaban J connectivity index is 1.28. The molecule has 184 valence electrons. The molecule has 2 aliphatic heterocycles. The highest BCUT2D eigenvalue weighted by molar-refractivity contribution is 5.93. The molecule has 2 aromatic carbocycles. The van der Waals surface area contributed by atoms with E-state index in [0.717, 1.165) is 18.7 Å². The lowest BCUT2D eigenvalue weighted by Gasteiger charge is -2.35. The number of hydrogen-bond donors (Lipinski definition) is 1. The van der Waals surface area contributed by atoms with Gasteiger partial charge in [-0.2, -0.15) is 0 Å². The highest BCUT2D eigenvalue weighted by Gasteiger charge is 2.24. The van der Waals surface area contributed by atoms with E-state index in [2.05, 4.69) is 53.5 Å². The van der Waals surface area contributed by atoms with E-state index in [9.17, 15) is 4.79 Å². The van der Waals surface area contributed by atoms with Crippen LogP contribution >= 0.6 is 0 Å². The molecule has 0 unspecified atom stereocenters. The average Bonchev–Trinajstić information content (AvgIpc) is 3.40. The Hall–Kier alpha value is -3.32. The van der Waals surface area contributed by atoms with Crippen molar-refractivity contribution in [1.82, 2.24) is 15.4 Å². The predicted octanol–water partition coefficient (Wildman–Crippen LogP) is 5.19. The van der Waals surface area contributed by atoms with Crippen molar-refractivity contribution >= 4 is 5.91 Å². The van der Waals surface area contributed by atoms with Crippen molar-refractivity contribution < 1.29 is 18.8 Å². The van der Waals surface area contributed by atoms with E-state index in [1.165, 1.54) is 30.4 Å². The number of benzene rings is 2. The molecule has 1 fully saturated rings. The molecule has 7 nitrogen and oxygen atoms in total. The molecular weight excluding hydrogens is 442 g/mol. The van der Waals surface area contributed by atoms with Crippen molar-refractivity contribution in [2.45, 2.75) is 45.1 Å². The molecule has 35 heavy (non-hydrogen) atoms. The van der Waals surface area contributed by atoms with Crippen LogP contribution in [0.3, 0.4) is 0 Å². The second-order valence-corrected chi connectivity index (χ2v) is 9.58. The van der Waals surface area contributed by atoms with Crippen molar-refractivity contribution in [3.63, 3.8) is 0 Å². The molecule has 1 aromatic heterocycles. The fourth-order valence-electron chi connectivity index (χ4n) is 4.79. The van der Waals surface area contributed by atoms with Crippen molar-refractivity contribution in [2.75, 3.05) is 32.8 Å². The zero-order valence-corrected chi connectivity index (χ0v) is 20.5. The average molecular weight is 476 g/mol. The first kappa shape index (κ1) is 23.4. The van der Waals surface area contributed by atoms with E-state index in [1.807, 2.05) is 18.2 Å². The minimum atomic E-state index is -0.238. The van der Waals surface area contributed by atoms with Crippen LogP contribution in [0.2, 0.25) is 0 Å². The van der Waals surface area contributed by atoms with Gasteiger partial charge in [0.2, 0.25) is 0 Å². The highest BCUT2D eigenvalue weighted by Crippen LogP contribution is 2.34. The van der Waals surface area contributed by atoms with E-state index in [0.29, 0.717) is 42.9 Å². The van der Waals surface area contributed by atoms with Crippen LogP contribution in [0, 0.1) is 0 Å². The quantitative estimate of drug-likeness (QED) is 0.507. The van der Waals surface area contributed by atoms with Crippen LogP contribution in [0.5, 0.6) is 11.5 Å². The summed E-state index contributed by atoms with van der Waals surface area (Å²) in [6.45, 7) is 8.07. The lowest BCUT2D eigenvalue weighted by molar-refractivity contribution is 0.0915. The normalized spacial score (nSPS) is 16.8. The van der Waals surface area contributed by atoms with Crippen LogP contribution in [0.15, 0.2) is 53.1 Å². The molecule has 3 heterocycles. The molecule has 2 aliphatic rings. The lowest BCUT2D eigenvalue weighted by atomic mass is 9.97. The molecule has 0 radical (unpaired) electrons. The largest absolute Gasteiger partial charge is 0.486 e. The van der Waals surface area contributed by atoms with Gasteiger partial charge in [-0.05, 0) is 61.2 Å². The first-order valence-corrected chi connectivity index (χ1v) is 12.6. The Morgan fingerprint density at radius 2 is 1.66 bits per heavy atom. The number of piperidine rings is 1. The number of nitrogens with zero attached hydrogens (tertiary/aromatic N) is 2. The van der Waals surface area contributed by atoms with E-state index in [-0.39, 0.29) is 17.6 Å². The maximum atomic E-state index is 13.0. The second kappa shape index (κ2) is 10.5. The van der Waals surface area contributed by atoms with Crippen LogP contribution in [0.4, 0.5) is 0 Å². The fraction of sp³-hybridized carbons (Fsp3) is 0.429. The molecule has 1 amide bonds. The maximum Gasteiger partial charge on any atom is 0.273 e. The molecule has 1 atom stereocenters. The van der Waals surface area contributed by atoms with Gasteiger partial charge in [-0.1, -0.05) is 49.7 Å². The van der Waals surface area contributed by atoms with Crippen molar-refractivity contribution in [3.05, 3.63) is 65.4 Å². The summed E-state index contributed by atoms with van der Waals surface area (Å²) in [4.78, 5) is 15.5. The first-order chi connectivity index (χ1) is 17.1. The van der Waals surface area contributed by atoms with Crippen molar-refractivity contribution in [2.24, 2.45) is 0 Å². The number of carbonyl (C=O) groups excluding carboxylic acids is 1. The molecule has 3 aromatic rings. The summed E-state index contributed by atoms with van der Waals surface area (Å²) in [6, 6.07) is 16.2. The van der Waals surface area contributed by atoms with Gasteiger partial charge in [0.15, 0.2) is 23.0 Å². The summed E-state index contributed by atoms with van der Waals surface area (Å²) in [7, 11) is 0. The number of nitrogens with one attached hydrogen (secondary N) is 1. The topological polar surface area (TPSA) is 76.8 Å².